The van der Waals surface area contributed by atoms with Gasteiger partial charge < -0.3 is 15.4 Å². The lowest BCUT2D eigenvalue weighted by atomic mass is 10.3. The van der Waals surface area contributed by atoms with Crippen molar-refractivity contribution >= 4 is 23.5 Å². The van der Waals surface area contributed by atoms with Crippen LogP contribution in [0, 0.1) is 0 Å². The average molecular weight is 311 g/mol. The number of nitrogens with one attached hydrogen (secondary N) is 3. The molecule has 0 unspecified atom stereocenters. The number of para-hydroxylation sites is 1. The van der Waals surface area contributed by atoms with E-state index in [-0.39, 0.29) is 12.1 Å². The predicted octanol–water partition coefficient (Wildman–Crippen LogP) is 3.58. The first-order chi connectivity index (χ1) is 11.2. The standard InChI is InChI=1S/C17H17N3O3/c21-16(18-13-9-10-13)19-14-7-4-8-15(11-14)23-17(22)20-12-5-2-1-3-6-12/h1-8,11,13H,9-10H2,(H,20,22)(H2,18,19,21). The smallest absolute Gasteiger partial charge is 0.410 e. The molecule has 0 heterocycles. The molecule has 2 aromatic carbocycles. The van der Waals surface area contributed by atoms with Gasteiger partial charge in [0.25, 0.3) is 0 Å². The van der Waals surface area contributed by atoms with Crippen LogP contribution < -0.4 is 20.7 Å². The maximum atomic E-state index is 11.8. The molecule has 6 heteroatoms. The van der Waals surface area contributed by atoms with Gasteiger partial charge in [-0.15, -0.1) is 0 Å². The number of benzene rings is 2. The summed E-state index contributed by atoms with van der Waals surface area (Å²) in [5.41, 5.74) is 1.21. The maximum Gasteiger partial charge on any atom is 0.417 e. The number of urea groups is 1. The summed E-state index contributed by atoms with van der Waals surface area (Å²) >= 11 is 0. The minimum atomic E-state index is -0.587. The lowest BCUT2D eigenvalue weighted by molar-refractivity contribution is 0.215. The molecule has 0 radical (unpaired) electrons. The van der Waals surface area contributed by atoms with E-state index in [1.165, 1.54) is 0 Å². The molecule has 1 aliphatic carbocycles. The van der Waals surface area contributed by atoms with E-state index >= 15 is 0 Å². The normalized spacial score (nSPS) is 13.0. The molecule has 0 aliphatic heterocycles. The lowest BCUT2D eigenvalue weighted by Crippen LogP contribution is -2.30. The van der Waals surface area contributed by atoms with Crippen LogP contribution in [-0.2, 0) is 0 Å². The Labute approximate surface area is 133 Å². The van der Waals surface area contributed by atoms with Gasteiger partial charge >= 0.3 is 12.1 Å². The Hall–Kier alpha value is -3.02. The van der Waals surface area contributed by atoms with Gasteiger partial charge in [-0.05, 0) is 37.1 Å². The Balaban J connectivity index is 1.56. The first-order valence-electron chi connectivity index (χ1n) is 7.40. The van der Waals surface area contributed by atoms with E-state index < -0.39 is 6.09 Å². The van der Waals surface area contributed by atoms with E-state index in [2.05, 4.69) is 16.0 Å². The number of hydrogen-bond acceptors (Lipinski definition) is 3. The third-order valence-corrected chi connectivity index (χ3v) is 3.24. The highest BCUT2D eigenvalue weighted by Gasteiger charge is 2.23. The van der Waals surface area contributed by atoms with Crippen molar-refractivity contribution in [3.05, 3.63) is 54.6 Å². The van der Waals surface area contributed by atoms with E-state index in [0.29, 0.717) is 17.1 Å². The Morgan fingerprint density at radius 3 is 2.39 bits per heavy atom. The van der Waals surface area contributed by atoms with Crippen LogP contribution in [0.5, 0.6) is 5.75 Å². The molecule has 1 fully saturated rings. The Kier molecular flexibility index (Phi) is 4.42. The van der Waals surface area contributed by atoms with Crippen LogP contribution in [0.25, 0.3) is 0 Å². The van der Waals surface area contributed by atoms with Crippen LogP contribution in [0.3, 0.4) is 0 Å². The summed E-state index contributed by atoms with van der Waals surface area (Å²) in [6.45, 7) is 0. The van der Waals surface area contributed by atoms with Gasteiger partial charge in [-0.1, -0.05) is 24.3 Å². The fourth-order valence-electron chi connectivity index (χ4n) is 1.99. The van der Waals surface area contributed by atoms with Crippen molar-refractivity contribution in [3.63, 3.8) is 0 Å². The van der Waals surface area contributed by atoms with Crippen LogP contribution >= 0.6 is 0 Å². The molecule has 0 spiro atoms. The minimum absolute atomic E-state index is 0.251. The van der Waals surface area contributed by atoms with E-state index in [1.54, 1.807) is 36.4 Å². The SMILES string of the molecule is O=C(Nc1cccc(OC(=O)Nc2ccccc2)c1)NC1CC1. The fourth-order valence-corrected chi connectivity index (χ4v) is 1.99. The number of hydrogen-bond donors (Lipinski definition) is 3. The summed E-state index contributed by atoms with van der Waals surface area (Å²) in [5, 5.41) is 8.16. The van der Waals surface area contributed by atoms with E-state index in [9.17, 15) is 9.59 Å². The van der Waals surface area contributed by atoms with Gasteiger partial charge in [0.05, 0.1) is 0 Å². The number of carbonyl (C=O) groups excluding carboxylic acids is 2. The van der Waals surface area contributed by atoms with Gasteiger partial charge in [0.2, 0.25) is 0 Å². The van der Waals surface area contributed by atoms with Gasteiger partial charge in [0, 0.05) is 23.5 Å². The molecule has 3 amide bonds. The van der Waals surface area contributed by atoms with Crippen LogP contribution in [-0.4, -0.2) is 18.2 Å². The summed E-state index contributed by atoms with van der Waals surface area (Å²) in [6, 6.07) is 15.7. The summed E-state index contributed by atoms with van der Waals surface area (Å²) in [6.07, 6.45) is 1.46. The van der Waals surface area contributed by atoms with Gasteiger partial charge in [0.15, 0.2) is 0 Å². The molecule has 6 nitrogen and oxygen atoms in total. The lowest BCUT2D eigenvalue weighted by Gasteiger charge is -2.09. The van der Waals surface area contributed by atoms with Crippen LogP contribution in [0.4, 0.5) is 21.0 Å². The van der Waals surface area contributed by atoms with E-state index in [1.807, 2.05) is 18.2 Å². The van der Waals surface area contributed by atoms with Gasteiger partial charge in [-0.3, -0.25) is 5.32 Å². The Bertz CT molecular complexity index is 699. The zero-order valence-electron chi connectivity index (χ0n) is 12.4. The molecule has 1 aliphatic rings. The fraction of sp³-hybridized carbons (Fsp3) is 0.176. The molecule has 0 atom stereocenters. The topological polar surface area (TPSA) is 79.5 Å². The first-order valence-corrected chi connectivity index (χ1v) is 7.40. The molecule has 2 aromatic rings. The molecule has 118 valence electrons. The molecule has 0 bridgehead atoms. The zero-order valence-corrected chi connectivity index (χ0v) is 12.4. The van der Waals surface area contributed by atoms with Crippen LogP contribution in [0.2, 0.25) is 0 Å². The molecule has 1 saturated carbocycles. The molecule has 3 N–H and O–H groups in total. The van der Waals surface area contributed by atoms with Gasteiger partial charge in [0.1, 0.15) is 5.75 Å². The van der Waals surface area contributed by atoms with Crippen molar-refractivity contribution in [2.45, 2.75) is 18.9 Å². The third kappa shape index (κ3) is 4.74. The zero-order chi connectivity index (χ0) is 16.1. The monoisotopic (exact) mass is 311 g/mol. The molecule has 3 rings (SSSR count). The molecular formula is C17H17N3O3. The number of amides is 3. The maximum absolute atomic E-state index is 11.8. The van der Waals surface area contributed by atoms with Gasteiger partial charge in [-0.25, -0.2) is 9.59 Å². The molecule has 0 aromatic heterocycles. The highest BCUT2D eigenvalue weighted by Crippen LogP contribution is 2.20. The predicted molar refractivity (Wildman–Crippen MR) is 87.7 cm³/mol. The van der Waals surface area contributed by atoms with E-state index in [4.69, 9.17) is 4.74 Å². The molecule has 23 heavy (non-hydrogen) atoms. The summed E-state index contributed by atoms with van der Waals surface area (Å²) in [7, 11) is 0. The number of anilines is 2. The number of carbonyl (C=O) groups is 2. The van der Waals surface area contributed by atoms with Crippen molar-refractivity contribution in [1.82, 2.24) is 5.32 Å². The van der Waals surface area contributed by atoms with E-state index in [0.717, 1.165) is 12.8 Å². The first kappa shape index (κ1) is 14.9. The van der Waals surface area contributed by atoms with Crippen LogP contribution in [0.1, 0.15) is 12.8 Å². The second-order valence-electron chi connectivity index (χ2n) is 5.28. The van der Waals surface area contributed by atoms with Crippen molar-refractivity contribution in [2.75, 3.05) is 10.6 Å². The largest absolute Gasteiger partial charge is 0.417 e. The second-order valence-corrected chi connectivity index (χ2v) is 5.28. The summed E-state index contributed by atoms with van der Waals surface area (Å²) < 4.78 is 5.21. The second kappa shape index (κ2) is 6.83. The van der Waals surface area contributed by atoms with Crippen molar-refractivity contribution in [2.24, 2.45) is 0 Å². The van der Waals surface area contributed by atoms with Crippen molar-refractivity contribution in [3.8, 4) is 5.75 Å². The average Bonchev–Trinajstić information content (AvgIpc) is 3.32. The highest BCUT2D eigenvalue weighted by atomic mass is 16.6. The number of rotatable bonds is 4. The molecule has 0 saturated heterocycles. The quantitative estimate of drug-likeness (QED) is 0.807. The third-order valence-electron chi connectivity index (χ3n) is 3.24. The van der Waals surface area contributed by atoms with Crippen molar-refractivity contribution < 1.29 is 14.3 Å². The molecular weight excluding hydrogens is 294 g/mol. The summed E-state index contributed by atoms with van der Waals surface area (Å²) in [4.78, 5) is 23.5. The Morgan fingerprint density at radius 1 is 0.913 bits per heavy atom. The number of ether oxygens (including phenoxy) is 1. The van der Waals surface area contributed by atoms with Crippen LogP contribution in [0.15, 0.2) is 54.6 Å². The van der Waals surface area contributed by atoms with Gasteiger partial charge in [-0.2, -0.15) is 0 Å². The Morgan fingerprint density at radius 2 is 1.65 bits per heavy atom. The minimum Gasteiger partial charge on any atom is -0.410 e. The summed E-state index contributed by atoms with van der Waals surface area (Å²) in [5.74, 6) is 0.350. The van der Waals surface area contributed by atoms with Crippen molar-refractivity contribution in [1.29, 1.82) is 0 Å². The highest BCUT2D eigenvalue weighted by molar-refractivity contribution is 5.90.